The summed E-state index contributed by atoms with van der Waals surface area (Å²) in [7, 11) is 0. The maximum atomic E-state index is 12.8. The highest BCUT2D eigenvalue weighted by atomic mass is 35.5. The molecule has 108 valence electrons. The number of aliphatic hydroxyl groups is 1. The van der Waals surface area contributed by atoms with E-state index in [4.69, 9.17) is 16.3 Å². The monoisotopic (exact) mass is 297 g/mol. The van der Waals surface area contributed by atoms with Crippen molar-refractivity contribution in [2.75, 3.05) is 25.1 Å². The standard InChI is InChI=1S/C12H15ClF3NO2/c1-2-19-7-9(18)6-17-11-4-3-8(13)5-10(11)12(14,15)16/h3-5,9,17-18H,2,6-7H2,1H3. The van der Waals surface area contributed by atoms with Gasteiger partial charge in [-0.1, -0.05) is 11.6 Å². The maximum Gasteiger partial charge on any atom is 0.418 e. The Kier molecular flexibility index (Phi) is 5.90. The maximum absolute atomic E-state index is 12.8. The topological polar surface area (TPSA) is 41.5 Å². The second-order valence-corrected chi connectivity index (χ2v) is 4.32. The Morgan fingerprint density at radius 2 is 2.11 bits per heavy atom. The number of benzene rings is 1. The Morgan fingerprint density at radius 1 is 1.42 bits per heavy atom. The minimum Gasteiger partial charge on any atom is -0.389 e. The summed E-state index contributed by atoms with van der Waals surface area (Å²) in [6, 6.07) is 3.44. The van der Waals surface area contributed by atoms with Gasteiger partial charge in [0.05, 0.1) is 18.3 Å². The van der Waals surface area contributed by atoms with E-state index in [2.05, 4.69) is 5.32 Å². The molecule has 1 unspecified atom stereocenters. The van der Waals surface area contributed by atoms with Crippen LogP contribution in [0.4, 0.5) is 18.9 Å². The van der Waals surface area contributed by atoms with Gasteiger partial charge >= 0.3 is 6.18 Å². The van der Waals surface area contributed by atoms with Gasteiger partial charge in [0.1, 0.15) is 0 Å². The van der Waals surface area contributed by atoms with Crippen molar-refractivity contribution in [3.63, 3.8) is 0 Å². The number of anilines is 1. The Balaban J connectivity index is 2.73. The molecule has 19 heavy (non-hydrogen) atoms. The first-order chi connectivity index (χ1) is 8.84. The van der Waals surface area contributed by atoms with Crippen molar-refractivity contribution in [1.29, 1.82) is 0 Å². The van der Waals surface area contributed by atoms with Crippen molar-refractivity contribution in [2.45, 2.75) is 19.2 Å². The third-order valence-electron chi connectivity index (χ3n) is 2.33. The molecule has 0 heterocycles. The van der Waals surface area contributed by atoms with Crippen molar-refractivity contribution in [2.24, 2.45) is 0 Å². The van der Waals surface area contributed by atoms with Crippen molar-refractivity contribution in [3.05, 3.63) is 28.8 Å². The van der Waals surface area contributed by atoms with E-state index in [9.17, 15) is 18.3 Å². The number of aliphatic hydroxyl groups excluding tert-OH is 1. The predicted molar refractivity (Wildman–Crippen MR) is 67.4 cm³/mol. The summed E-state index contributed by atoms with van der Waals surface area (Å²) < 4.78 is 43.3. The summed E-state index contributed by atoms with van der Waals surface area (Å²) in [5, 5.41) is 12.0. The van der Waals surface area contributed by atoms with E-state index in [-0.39, 0.29) is 23.9 Å². The first-order valence-corrected chi connectivity index (χ1v) is 6.08. The molecule has 0 aromatic heterocycles. The summed E-state index contributed by atoms with van der Waals surface area (Å²) in [5.41, 5.74) is -0.976. The van der Waals surface area contributed by atoms with Crippen LogP contribution in [0, 0.1) is 0 Å². The van der Waals surface area contributed by atoms with Crippen LogP contribution in [0.15, 0.2) is 18.2 Å². The zero-order chi connectivity index (χ0) is 14.5. The second-order valence-electron chi connectivity index (χ2n) is 3.88. The average Bonchev–Trinajstić information content (AvgIpc) is 2.33. The molecule has 2 N–H and O–H groups in total. The summed E-state index contributed by atoms with van der Waals surface area (Å²) in [6.07, 6.45) is -5.38. The van der Waals surface area contributed by atoms with Crippen LogP contribution in [0.1, 0.15) is 12.5 Å². The van der Waals surface area contributed by atoms with Gasteiger partial charge in [0.25, 0.3) is 0 Å². The van der Waals surface area contributed by atoms with Gasteiger partial charge in [-0.15, -0.1) is 0 Å². The molecule has 0 saturated heterocycles. The summed E-state index contributed by atoms with van der Waals surface area (Å²) in [5.74, 6) is 0. The van der Waals surface area contributed by atoms with Crippen LogP contribution in [0.5, 0.6) is 0 Å². The van der Waals surface area contributed by atoms with E-state index in [0.29, 0.717) is 6.61 Å². The lowest BCUT2D eigenvalue weighted by Crippen LogP contribution is -2.25. The van der Waals surface area contributed by atoms with Crippen LogP contribution < -0.4 is 5.32 Å². The Hall–Kier alpha value is -0.980. The van der Waals surface area contributed by atoms with Crippen LogP contribution in [0.3, 0.4) is 0 Å². The van der Waals surface area contributed by atoms with Gasteiger partial charge in [-0.2, -0.15) is 13.2 Å². The lowest BCUT2D eigenvalue weighted by Gasteiger charge is -2.17. The van der Waals surface area contributed by atoms with Crippen LogP contribution in [-0.2, 0) is 10.9 Å². The number of rotatable bonds is 6. The Bertz CT molecular complexity index is 412. The minimum atomic E-state index is -4.50. The summed E-state index contributed by atoms with van der Waals surface area (Å²) in [6.45, 7) is 2.23. The third kappa shape index (κ3) is 5.26. The van der Waals surface area contributed by atoms with E-state index < -0.39 is 17.8 Å². The van der Waals surface area contributed by atoms with Crippen LogP contribution in [0.2, 0.25) is 5.02 Å². The van der Waals surface area contributed by atoms with E-state index in [1.807, 2.05) is 0 Å². The van der Waals surface area contributed by atoms with E-state index in [1.165, 1.54) is 12.1 Å². The molecule has 1 aromatic carbocycles. The quantitative estimate of drug-likeness (QED) is 0.847. The largest absolute Gasteiger partial charge is 0.418 e. The SMILES string of the molecule is CCOCC(O)CNc1ccc(Cl)cc1C(F)(F)F. The average molecular weight is 298 g/mol. The van der Waals surface area contributed by atoms with Crippen LogP contribution in [-0.4, -0.2) is 31.0 Å². The summed E-state index contributed by atoms with van der Waals surface area (Å²) >= 11 is 5.56. The molecule has 3 nitrogen and oxygen atoms in total. The zero-order valence-corrected chi connectivity index (χ0v) is 11.1. The van der Waals surface area contributed by atoms with Gasteiger partial charge in [-0.05, 0) is 25.1 Å². The number of hydrogen-bond donors (Lipinski definition) is 2. The van der Waals surface area contributed by atoms with Gasteiger partial charge in [0.15, 0.2) is 0 Å². The van der Waals surface area contributed by atoms with E-state index in [1.54, 1.807) is 6.92 Å². The van der Waals surface area contributed by atoms with E-state index >= 15 is 0 Å². The molecule has 0 aliphatic rings. The molecule has 1 aromatic rings. The second kappa shape index (κ2) is 6.98. The van der Waals surface area contributed by atoms with Gasteiger partial charge in [-0.25, -0.2) is 0 Å². The fourth-order valence-electron chi connectivity index (χ4n) is 1.45. The molecule has 0 fully saturated rings. The molecule has 0 saturated carbocycles. The van der Waals surface area contributed by atoms with Crippen molar-refractivity contribution in [3.8, 4) is 0 Å². The number of hydrogen-bond acceptors (Lipinski definition) is 3. The van der Waals surface area contributed by atoms with Gasteiger partial charge in [-0.3, -0.25) is 0 Å². The van der Waals surface area contributed by atoms with E-state index in [0.717, 1.165) is 6.07 Å². The first kappa shape index (κ1) is 16.1. The molecule has 1 rings (SSSR count). The minimum absolute atomic E-state index is 0.00717. The number of nitrogens with one attached hydrogen (secondary N) is 1. The molecule has 0 amide bonds. The fourth-order valence-corrected chi connectivity index (χ4v) is 1.62. The van der Waals surface area contributed by atoms with Crippen molar-refractivity contribution < 1.29 is 23.0 Å². The van der Waals surface area contributed by atoms with Crippen LogP contribution >= 0.6 is 11.6 Å². The molecule has 7 heteroatoms. The highest BCUT2D eigenvalue weighted by Gasteiger charge is 2.33. The molecule has 0 radical (unpaired) electrons. The van der Waals surface area contributed by atoms with Crippen molar-refractivity contribution >= 4 is 17.3 Å². The highest BCUT2D eigenvalue weighted by Crippen LogP contribution is 2.36. The van der Waals surface area contributed by atoms with Crippen LogP contribution in [0.25, 0.3) is 0 Å². The molecule has 0 aliphatic heterocycles. The smallest absolute Gasteiger partial charge is 0.389 e. The summed E-state index contributed by atoms with van der Waals surface area (Å²) in [4.78, 5) is 0. The predicted octanol–water partition coefficient (Wildman–Crippen LogP) is 3.17. The highest BCUT2D eigenvalue weighted by molar-refractivity contribution is 6.30. The molecular formula is C12H15ClF3NO2. The van der Waals surface area contributed by atoms with Gasteiger partial charge in [0, 0.05) is 23.9 Å². The lowest BCUT2D eigenvalue weighted by atomic mass is 10.1. The number of halogens is 4. The molecule has 0 bridgehead atoms. The third-order valence-corrected chi connectivity index (χ3v) is 2.56. The van der Waals surface area contributed by atoms with Gasteiger partial charge in [0.2, 0.25) is 0 Å². The number of ether oxygens (including phenoxy) is 1. The molecule has 0 aliphatic carbocycles. The Morgan fingerprint density at radius 3 is 2.68 bits per heavy atom. The van der Waals surface area contributed by atoms with Gasteiger partial charge < -0.3 is 15.2 Å². The molecule has 1 atom stereocenters. The first-order valence-electron chi connectivity index (χ1n) is 5.71. The Labute approximate surface area is 114 Å². The lowest BCUT2D eigenvalue weighted by molar-refractivity contribution is -0.137. The molecular weight excluding hydrogens is 283 g/mol. The zero-order valence-electron chi connectivity index (χ0n) is 10.3. The fraction of sp³-hybridized carbons (Fsp3) is 0.500. The normalized spacial score (nSPS) is 13.4. The number of alkyl halides is 3. The molecule has 0 spiro atoms. The van der Waals surface area contributed by atoms with Crippen molar-refractivity contribution in [1.82, 2.24) is 0 Å².